The average molecular weight is 485 g/mol. The van der Waals surface area contributed by atoms with E-state index in [1.54, 1.807) is 19.5 Å². The molecule has 3 aliphatic carbocycles. The number of furan rings is 1. The fourth-order valence-electron chi connectivity index (χ4n) is 9.58. The van der Waals surface area contributed by atoms with E-state index in [0.29, 0.717) is 12.2 Å². The van der Waals surface area contributed by atoms with Crippen LogP contribution < -0.4 is 0 Å². The molecular weight excluding hydrogens is 452 g/mol. The Morgan fingerprint density at radius 3 is 2.54 bits per heavy atom. The van der Waals surface area contributed by atoms with Gasteiger partial charge in [0, 0.05) is 34.2 Å². The molecule has 1 aromatic heterocycles. The second-order valence-electron chi connectivity index (χ2n) is 12.7. The number of carbonyl (C=O) groups is 2. The predicted octanol–water partition coefficient (Wildman–Crippen LogP) is 2.48. The molecule has 6 aliphatic rings. The van der Waals surface area contributed by atoms with E-state index in [1.807, 2.05) is 33.8 Å². The average Bonchev–Trinajstić information content (AvgIpc) is 3.08. The highest BCUT2D eigenvalue weighted by molar-refractivity contribution is 5.98. The van der Waals surface area contributed by atoms with Crippen molar-refractivity contribution in [2.75, 3.05) is 6.61 Å². The first-order valence-electron chi connectivity index (χ1n) is 12.5. The number of hydrogen-bond acceptors (Lipinski definition) is 8. The van der Waals surface area contributed by atoms with Crippen molar-refractivity contribution in [2.24, 2.45) is 27.6 Å². The highest BCUT2D eigenvalue weighted by Gasteiger charge is 2.91. The number of ether oxygens (including phenoxy) is 3. The third kappa shape index (κ3) is 1.94. The normalized spacial score (nSPS) is 57.7. The van der Waals surface area contributed by atoms with Crippen LogP contribution in [0.3, 0.4) is 0 Å². The van der Waals surface area contributed by atoms with Gasteiger partial charge >= 0.3 is 5.97 Å². The molecule has 4 heterocycles. The van der Waals surface area contributed by atoms with Gasteiger partial charge in [-0.2, -0.15) is 0 Å². The van der Waals surface area contributed by atoms with Crippen LogP contribution in [0.5, 0.6) is 0 Å². The lowest BCUT2D eigenvalue weighted by molar-refractivity contribution is -0.254. The molecule has 8 nitrogen and oxygen atoms in total. The maximum absolute atomic E-state index is 13.4. The topological polar surface area (TPSA) is 119 Å². The van der Waals surface area contributed by atoms with Gasteiger partial charge in [-0.3, -0.25) is 9.59 Å². The quantitative estimate of drug-likeness (QED) is 0.461. The van der Waals surface area contributed by atoms with E-state index in [0.717, 1.165) is 5.56 Å². The maximum Gasteiger partial charge on any atom is 0.306 e. The number of ketones is 1. The molecule has 0 aromatic carbocycles. The van der Waals surface area contributed by atoms with Crippen molar-refractivity contribution in [1.29, 1.82) is 0 Å². The summed E-state index contributed by atoms with van der Waals surface area (Å²) >= 11 is 0. The molecule has 35 heavy (non-hydrogen) atoms. The number of epoxide rings is 1. The molecule has 0 bridgehead atoms. The monoisotopic (exact) mass is 484 g/mol. The van der Waals surface area contributed by atoms with Crippen molar-refractivity contribution in [2.45, 2.75) is 82.9 Å². The number of allylic oxidation sites excluding steroid dienone is 2. The first kappa shape index (κ1) is 22.1. The maximum atomic E-state index is 13.4. The number of esters is 1. The molecule has 2 saturated carbocycles. The van der Waals surface area contributed by atoms with E-state index < -0.39 is 51.0 Å². The minimum absolute atomic E-state index is 0.0207. The van der Waals surface area contributed by atoms with Gasteiger partial charge < -0.3 is 28.8 Å². The third-order valence-electron chi connectivity index (χ3n) is 11.8. The number of aliphatic hydroxyl groups is 2. The lowest BCUT2D eigenvalue weighted by Gasteiger charge is -2.63. The van der Waals surface area contributed by atoms with Gasteiger partial charge in [-0.1, -0.05) is 20.8 Å². The van der Waals surface area contributed by atoms with E-state index in [1.165, 1.54) is 6.08 Å². The van der Waals surface area contributed by atoms with Gasteiger partial charge in [0.2, 0.25) is 0 Å². The first-order valence-corrected chi connectivity index (χ1v) is 12.5. The summed E-state index contributed by atoms with van der Waals surface area (Å²) in [6.45, 7) is 9.50. The number of fused-ring (bicyclic) bond motifs is 5. The molecule has 0 unspecified atom stereocenters. The van der Waals surface area contributed by atoms with Crippen LogP contribution >= 0.6 is 0 Å². The number of rotatable bonds is 1. The fraction of sp³-hybridized carbons (Fsp3) is 0.704. The summed E-state index contributed by atoms with van der Waals surface area (Å²) in [4.78, 5) is 26.1. The van der Waals surface area contributed by atoms with Crippen molar-refractivity contribution in [3.05, 3.63) is 36.0 Å². The van der Waals surface area contributed by atoms with Crippen LogP contribution in [0, 0.1) is 27.6 Å². The van der Waals surface area contributed by atoms with E-state index in [-0.39, 0.29) is 36.8 Å². The highest BCUT2D eigenvalue weighted by Crippen LogP contribution is 2.81. The van der Waals surface area contributed by atoms with E-state index in [2.05, 4.69) is 0 Å². The van der Waals surface area contributed by atoms with Gasteiger partial charge in [0.25, 0.3) is 0 Å². The highest BCUT2D eigenvalue weighted by atomic mass is 16.6. The molecule has 1 aromatic rings. The summed E-state index contributed by atoms with van der Waals surface area (Å²) in [6, 6.07) is 1.90. The van der Waals surface area contributed by atoms with Gasteiger partial charge in [0.05, 0.1) is 30.5 Å². The van der Waals surface area contributed by atoms with Gasteiger partial charge in [0.15, 0.2) is 5.78 Å². The fourth-order valence-corrected chi connectivity index (χ4v) is 9.58. The summed E-state index contributed by atoms with van der Waals surface area (Å²) in [5.74, 6) is -0.801. The molecule has 0 amide bonds. The van der Waals surface area contributed by atoms with Crippen LogP contribution in [-0.2, 0) is 23.8 Å². The van der Waals surface area contributed by atoms with Crippen molar-refractivity contribution >= 4 is 11.8 Å². The first-order chi connectivity index (χ1) is 16.3. The van der Waals surface area contributed by atoms with Crippen LogP contribution in [0.25, 0.3) is 0 Å². The molecule has 8 heteroatoms. The molecular formula is C27H32O8. The second-order valence-corrected chi connectivity index (χ2v) is 12.7. The summed E-state index contributed by atoms with van der Waals surface area (Å²) in [6.07, 6.45) is 3.51. The number of cyclic esters (lactones) is 1. The Bertz CT molecular complexity index is 1200. The van der Waals surface area contributed by atoms with Gasteiger partial charge in [-0.05, 0) is 31.9 Å². The zero-order valence-corrected chi connectivity index (χ0v) is 20.7. The van der Waals surface area contributed by atoms with E-state index in [4.69, 9.17) is 18.6 Å². The Kier molecular flexibility index (Phi) is 3.70. The van der Waals surface area contributed by atoms with Crippen LogP contribution in [0.1, 0.15) is 58.9 Å². The SMILES string of the molecule is C[C@]12[C@H](c3ccoc3)C[C@H]3O[C@]31[C@](C)(O)[C@@H]1[C@H](OC3=CC(=O)[C@]4(C)COC(=O)C[C@]4(C)[C@]31C)[C@@H]2O. The Hall–Kier alpha value is -2.16. The smallest absolute Gasteiger partial charge is 0.306 e. The van der Waals surface area contributed by atoms with Crippen molar-refractivity contribution in [1.82, 2.24) is 0 Å². The Labute approximate surface area is 203 Å². The molecule has 188 valence electrons. The van der Waals surface area contributed by atoms with E-state index >= 15 is 0 Å². The molecule has 7 rings (SSSR count). The zero-order valence-electron chi connectivity index (χ0n) is 20.7. The number of carbonyl (C=O) groups excluding carboxylic acids is 2. The largest absolute Gasteiger partial charge is 0.491 e. The Balaban J connectivity index is 1.44. The van der Waals surface area contributed by atoms with Crippen LogP contribution in [0.2, 0.25) is 0 Å². The summed E-state index contributed by atoms with van der Waals surface area (Å²) in [7, 11) is 0. The van der Waals surface area contributed by atoms with Crippen molar-refractivity contribution in [3.63, 3.8) is 0 Å². The standard InChI is InChI=1S/C27H32O8/c1-22-12-33-18(29)10-23(22,2)25(4)16(9-15(22)28)34-19-20(25)26(5,31)27-17(35-27)8-14(13-6-7-32-11-13)24(27,3)21(19)30/h6-7,9,11,14,17,19-21,30-31H,8,10,12H2,1-5H3/t14-,17+,19-,20+,21-,22-,23-,24+,25+,26+,27+/m0/s1. The van der Waals surface area contributed by atoms with Crippen molar-refractivity contribution < 1.29 is 38.4 Å². The molecule has 3 saturated heterocycles. The molecule has 0 radical (unpaired) electrons. The van der Waals surface area contributed by atoms with Crippen LogP contribution in [0.15, 0.2) is 34.8 Å². The second kappa shape index (κ2) is 5.87. The summed E-state index contributed by atoms with van der Waals surface area (Å²) in [5.41, 5.74) is -5.08. The number of aliphatic hydroxyl groups excluding tert-OH is 1. The van der Waals surface area contributed by atoms with Crippen molar-refractivity contribution in [3.8, 4) is 0 Å². The third-order valence-corrected chi connectivity index (χ3v) is 11.8. The number of hydrogen-bond donors (Lipinski definition) is 2. The van der Waals surface area contributed by atoms with E-state index in [9.17, 15) is 19.8 Å². The summed E-state index contributed by atoms with van der Waals surface area (Å²) < 4.78 is 23.6. The van der Waals surface area contributed by atoms with Gasteiger partial charge in [0.1, 0.15) is 35.8 Å². The predicted molar refractivity (Wildman–Crippen MR) is 120 cm³/mol. The minimum Gasteiger partial charge on any atom is -0.491 e. The molecule has 5 fully saturated rings. The lowest BCUT2D eigenvalue weighted by Crippen LogP contribution is -2.74. The molecule has 11 atom stereocenters. The van der Waals surface area contributed by atoms with Gasteiger partial charge in [-0.25, -0.2) is 0 Å². The Morgan fingerprint density at radius 2 is 1.86 bits per heavy atom. The van der Waals surface area contributed by atoms with Gasteiger partial charge in [-0.15, -0.1) is 0 Å². The van der Waals surface area contributed by atoms with Crippen LogP contribution in [0.4, 0.5) is 0 Å². The minimum atomic E-state index is -1.41. The molecule has 3 aliphatic heterocycles. The molecule has 1 spiro atoms. The summed E-state index contributed by atoms with van der Waals surface area (Å²) in [5, 5.41) is 24.6. The zero-order chi connectivity index (χ0) is 25.0. The molecule has 2 N–H and O–H groups in total. The Morgan fingerprint density at radius 1 is 1.11 bits per heavy atom. The van der Waals surface area contributed by atoms with Crippen LogP contribution in [-0.4, -0.2) is 58.1 Å². The lowest BCUT2D eigenvalue weighted by atomic mass is 9.39.